The van der Waals surface area contributed by atoms with Gasteiger partial charge < -0.3 is 24.6 Å². The van der Waals surface area contributed by atoms with Gasteiger partial charge in [-0.1, -0.05) is 11.3 Å². The van der Waals surface area contributed by atoms with Gasteiger partial charge in [0.2, 0.25) is 0 Å². The van der Waals surface area contributed by atoms with Crippen LogP contribution >= 0.6 is 11.3 Å². The van der Waals surface area contributed by atoms with Crippen molar-refractivity contribution in [2.45, 2.75) is 51.3 Å². The average Bonchev–Trinajstić information content (AvgIpc) is 3.35. The number of thiazole rings is 1. The molecule has 1 saturated heterocycles. The number of benzene rings is 1. The summed E-state index contributed by atoms with van der Waals surface area (Å²) in [6.45, 7) is 7.78. The lowest BCUT2D eigenvalue weighted by Crippen LogP contribution is -2.48. The zero-order valence-electron chi connectivity index (χ0n) is 18.8. The molecule has 0 saturated carbocycles. The van der Waals surface area contributed by atoms with Gasteiger partial charge in [0.15, 0.2) is 5.13 Å². The number of rotatable bonds is 4. The monoisotopic (exact) mass is 470 g/mol. The van der Waals surface area contributed by atoms with Gasteiger partial charge in [0.1, 0.15) is 23.3 Å². The summed E-state index contributed by atoms with van der Waals surface area (Å²) < 4.78 is 10.9. The molecule has 0 unspecified atom stereocenters. The Morgan fingerprint density at radius 2 is 2.21 bits per heavy atom. The molecule has 9 nitrogen and oxygen atoms in total. The summed E-state index contributed by atoms with van der Waals surface area (Å²) >= 11 is 1.36. The Bertz CT molecular complexity index is 1130. The van der Waals surface area contributed by atoms with Crippen LogP contribution in [0.5, 0.6) is 5.75 Å². The molecule has 1 fully saturated rings. The molecule has 2 aromatic rings. The molecule has 5 rings (SSSR count). The maximum atomic E-state index is 13.3. The number of hydrogen-bond donors (Lipinski definition) is 1. The van der Waals surface area contributed by atoms with Gasteiger partial charge in [-0.15, -0.1) is 0 Å². The lowest BCUT2D eigenvalue weighted by Gasteiger charge is -2.30. The molecule has 0 bridgehead atoms. The smallest absolute Gasteiger partial charge is 0.293 e. The van der Waals surface area contributed by atoms with E-state index in [1.165, 1.54) is 11.3 Å². The molecule has 1 aromatic carbocycles. The summed E-state index contributed by atoms with van der Waals surface area (Å²) in [7, 11) is 0. The quantitative estimate of drug-likeness (QED) is 0.685. The number of nitrogens with zero attached hydrogens (tertiary/aromatic N) is 3. The zero-order chi connectivity index (χ0) is 23.3. The summed E-state index contributed by atoms with van der Waals surface area (Å²) in [6, 6.07) is 5.35. The third-order valence-electron chi connectivity index (χ3n) is 6.30. The first-order chi connectivity index (χ1) is 15.8. The number of fused-ring (bicyclic) bond motifs is 2. The molecule has 2 atom stereocenters. The topological polar surface area (TPSA) is 101 Å². The molecule has 1 N–H and O–H groups in total. The highest BCUT2D eigenvalue weighted by molar-refractivity contribution is 7.17. The van der Waals surface area contributed by atoms with Gasteiger partial charge in [-0.3, -0.25) is 14.4 Å². The van der Waals surface area contributed by atoms with Gasteiger partial charge in [0.05, 0.1) is 24.5 Å². The number of carbonyl (C=O) groups excluding carboxylic acids is 3. The van der Waals surface area contributed by atoms with E-state index in [-0.39, 0.29) is 29.5 Å². The van der Waals surface area contributed by atoms with Gasteiger partial charge in [-0.05, 0) is 39.0 Å². The second-order valence-corrected chi connectivity index (χ2v) is 10.3. The first-order valence-electron chi connectivity index (χ1n) is 11.0. The van der Waals surface area contributed by atoms with Crippen molar-refractivity contribution in [3.05, 3.63) is 34.3 Å². The minimum atomic E-state index is -0.338. The highest BCUT2D eigenvalue weighted by atomic mass is 32.1. The molecule has 4 heterocycles. The van der Waals surface area contributed by atoms with Crippen LogP contribution in [0.1, 0.15) is 52.9 Å². The van der Waals surface area contributed by atoms with E-state index in [0.29, 0.717) is 55.2 Å². The van der Waals surface area contributed by atoms with Crippen molar-refractivity contribution in [3.8, 4) is 5.75 Å². The summed E-state index contributed by atoms with van der Waals surface area (Å²) in [4.78, 5) is 45.7. The Hall–Kier alpha value is -3.14. The average molecular weight is 471 g/mol. The molecule has 0 radical (unpaired) electrons. The van der Waals surface area contributed by atoms with Crippen LogP contribution in [0.3, 0.4) is 0 Å². The Morgan fingerprint density at radius 1 is 1.39 bits per heavy atom. The van der Waals surface area contributed by atoms with E-state index in [1.807, 2.05) is 31.7 Å². The number of nitrogens with one attached hydrogen (secondary N) is 1. The maximum Gasteiger partial charge on any atom is 0.293 e. The number of likely N-dealkylation sites (tertiary alicyclic amines) is 1. The Kier molecular flexibility index (Phi) is 5.27. The summed E-state index contributed by atoms with van der Waals surface area (Å²) in [5, 5.41) is 3.74. The van der Waals surface area contributed by atoms with Crippen LogP contribution in [-0.2, 0) is 16.0 Å². The number of carbonyl (C=O) groups is 3. The second-order valence-electron chi connectivity index (χ2n) is 9.37. The van der Waals surface area contributed by atoms with E-state index in [2.05, 4.69) is 5.32 Å². The van der Waals surface area contributed by atoms with Gasteiger partial charge in [0, 0.05) is 30.0 Å². The fourth-order valence-electron chi connectivity index (χ4n) is 4.74. The van der Waals surface area contributed by atoms with Crippen molar-refractivity contribution in [1.29, 1.82) is 0 Å². The number of ether oxygens (including phenoxy) is 2. The number of aromatic nitrogens is 1. The van der Waals surface area contributed by atoms with Crippen LogP contribution in [0.25, 0.3) is 0 Å². The highest BCUT2D eigenvalue weighted by Crippen LogP contribution is 2.41. The largest absolute Gasteiger partial charge is 0.490 e. The van der Waals surface area contributed by atoms with Crippen molar-refractivity contribution in [2.24, 2.45) is 0 Å². The lowest BCUT2D eigenvalue weighted by molar-refractivity contribution is -0.132. The predicted molar refractivity (Wildman–Crippen MR) is 122 cm³/mol. The Balaban J connectivity index is 1.45. The van der Waals surface area contributed by atoms with E-state index in [9.17, 15) is 14.4 Å². The van der Waals surface area contributed by atoms with Gasteiger partial charge in [-0.25, -0.2) is 4.98 Å². The van der Waals surface area contributed by atoms with Crippen LogP contribution in [0.15, 0.2) is 18.2 Å². The van der Waals surface area contributed by atoms with Crippen molar-refractivity contribution >= 4 is 40.4 Å². The predicted octanol–water partition coefficient (Wildman–Crippen LogP) is 2.51. The number of amides is 2. The normalized spacial score (nSPS) is 23.3. The van der Waals surface area contributed by atoms with E-state index in [1.54, 1.807) is 17.0 Å². The molecule has 0 spiro atoms. The molecule has 2 amide bonds. The fourth-order valence-corrected chi connectivity index (χ4v) is 5.75. The number of anilines is 2. The third kappa shape index (κ3) is 3.92. The fraction of sp³-hybridized carbons (Fsp3) is 0.478. The van der Waals surface area contributed by atoms with Crippen molar-refractivity contribution in [1.82, 2.24) is 15.2 Å². The SMILES string of the molecule is C[C@@H]1C[C@H](OC=O)CN1C(=O)c1ccc2c(c1)N(c1nc3c(s1)C(=O)NC(C)(C)C3)CCO2. The van der Waals surface area contributed by atoms with Crippen molar-refractivity contribution in [2.75, 3.05) is 24.6 Å². The summed E-state index contributed by atoms with van der Waals surface area (Å²) in [6.07, 6.45) is 1.00. The van der Waals surface area contributed by atoms with E-state index >= 15 is 0 Å². The number of hydrogen-bond acceptors (Lipinski definition) is 8. The van der Waals surface area contributed by atoms with Gasteiger partial charge in [-0.2, -0.15) is 0 Å². The van der Waals surface area contributed by atoms with E-state index in [4.69, 9.17) is 14.5 Å². The minimum absolute atomic E-state index is 0.0293. The molecule has 3 aliphatic heterocycles. The van der Waals surface area contributed by atoms with Crippen LogP contribution in [0.2, 0.25) is 0 Å². The van der Waals surface area contributed by atoms with Crippen LogP contribution in [-0.4, -0.2) is 65.6 Å². The Labute approximate surface area is 195 Å². The molecule has 0 aliphatic carbocycles. The molecule has 33 heavy (non-hydrogen) atoms. The van der Waals surface area contributed by atoms with E-state index < -0.39 is 0 Å². The second kappa shape index (κ2) is 8.02. The Morgan fingerprint density at radius 3 is 3.00 bits per heavy atom. The summed E-state index contributed by atoms with van der Waals surface area (Å²) in [5.41, 5.74) is 1.75. The van der Waals surface area contributed by atoms with E-state index in [0.717, 1.165) is 16.5 Å². The van der Waals surface area contributed by atoms with Gasteiger partial charge in [0.25, 0.3) is 18.3 Å². The minimum Gasteiger partial charge on any atom is -0.490 e. The maximum absolute atomic E-state index is 13.3. The lowest BCUT2D eigenvalue weighted by atomic mass is 9.94. The molecule has 10 heteroatoms. The van der Waals surface area contributed by atoms with Crippen molar-refractivity contribution < 1.29 is 23.9 Å². The van der Waals surface area contributed by atoms with Crippen LogP contribution in [0, 0.1) is 0 Å². The van der Waals surface area contributed by atoms with Crippen LogP contribution in [0.4, 0.5) is 10.8 Å². The molecular weight excluding hydrogens is 444 g/mol. The zero-order valence-corrected chi connectivity index (χ0v) is 19.6. The standard InChI is InChI=1S/C23H26N4O5S/c1-13-8-15(32-12-28)11-27(13)21(30)14-4-5-18-17(9-14)26(6-7-31-18)22-24-16-10-23(2,3)25-20(29)19(16)33-22/h4-5,9,12-13,15H,6-8,10-11H2,1-3H3,(H,25,29)/t13-,15+/m1/s1. The first kappa shape index (κ1) is 21.7. The summed E-state index contributed by atoms with van der Waals surface area (Å²) in [5.74, 6) is 0.456. The first-order valence-corrected chi connectivity index (χ1v) is 11.8. The molecule has 3 aliphatic rings. The van der Waals surface area contributed by atoms with Crippen LogP contribution < -0.4 is 15.0 Å². The molecule has 174 valence electrons. The third-order valence-corrected chi connectivity index (χ3v) is 7.42. The van der Waals surface area contributed by atoms with Crippen molar-refractivity contribution in [3.63, 3.8) is 0 Å². The highest BCUT2D eigenvalue weighted by Gasteiger charge is 2.36. The molecular formula is C23H26N4O5S. The van der Waals surface area contributed by atoms with Gasteiger partial charge >= 0.3 is 0 Å². The molecule has 1 aromatic heterocycles.